The topological polar surface area (TPSA) is 3.24 Å². The quantitative estimate of drug-likeness (QED) is 0.190. The zero-order valence-electron chi connectivity index (χ0n) is 27.5. The molecule has 4 aliphatic carbocycles. The molecule has 4 aliphatic rings. The van der Waals surface area contributed by atoms with Crippen LogP contribution in [0.4, 0.5) is 17.1 Å². The summed E-state index contributed by atoms with van der Waals surface area (Å²) in [7, 11) is 0. The van der Waals surface area contributed by atoms with Crippen LogP contribution in [-0.2, 0) is 11.8 Å². The summed E-state index contributed by atoms with van der Waals surface area (Å²) in [6, 6.07) is 50.9. The molecular weight excluding hydrogens is 579 g/mol. The van der Waals surface area contributed by atoms with E-state index >= 15 is 0 Å². The van der Waals surface area contributed by atoms with E-state index in [4.69, 9.17) is 0 Å². The second kappa shape index (κ2) is 10.7. The third-order valence-corrected chi connectivity index (χ3v) is 12.0. The minimum atomic E-state index is 0.0736. The first-order chi connectivity index (χ1) is 23.7. The van der Waals surface area contributed by atoms with E-state index in [0.717, 1.165) is 12.8 Å². The third-order valence-electron chi connectivity index (χ3n) is 12.0. The Hall–Kier alpha value is -5.14. The molecule has 48 heavy (non-hydrogen) atoms. The average molecular weight is 618 g/mol. The highest BCUT2D eigenvalue weighted by atomic mass is 15.1. The Morgan fingerprint density at radius 2 is 1.42 bits per heavy atom. The van der Waals surface area contributed by atoms with Crippen LogP contribution >= 0.6 is 0 Å². The molecule has 0 saturated heterocycles. The second-order valence-electron chi connectivity index (χ2n) is 14.5. The van der Waals surface area contributed by atoms with Crippen molar-refractivity contribution < 1.29 is 0 Å². The molecule has 0 amide bonds. The first-order valence-electron chi connectivity index (χ1n) is 17.8. The van der Waals surface area contributed by atoms with Crippen LogP contribution in [0.2, 0.25) is 0 Å². The highest BCUT2D eigenvalue weighted by Crippen LogP contribution is 2.66. The molecule has 1 heteroatoms. The van der Waals surface area contributed by atoms with Crippen molar-refractivity contribution in [1.29, 1.82) is 0 Å². The molecular formula is C47H39N. The van der Waals surface area contributed by atoms with Gasteiger partial charge in [0.15, 0.2) is 0 Å². The molecule has 10 rings (SSSR count). The Morgan fingerprint density at radius 1 is 0.667 bits per heavy atom. The van der Waals surface area contributed by atoms with Gasteiger partial charge in [-0.2, -0.15) is 0 Å². The molecule has 1 saturated carbocycles. The van der Waals surface area contributed by atoms with Crippen LogP contribution in [0, 0.1) is 0 Å². The monoisotopic (exact) mass is 617 g/mol. The van der Waals surface area contributed by atoms with Gasteiger partial charge in [0.1, 0.15) is 0 Å². The lowest BCUT2D eigenvalue weighted by Crippen LogP contribution is -2.37. The van der Waals surface area contributed by atoms with Crippen LogP contribution in [0.3, 0.4) is 0 Å². The summed E-state index contributed by atoms with van der Waals surface area (Å²) in [5, 5.41) is 0. The highest BCUT2D eigenvalue weighted by molar-refractivity contribution is 5.97. The van der Waals surface area contributed by atoms with Crippen molar-refractivity contribution in [2.75, 3.05) is 4.90 Å². The number of anilines is 3. The van der Waals surface area contributed by atoms with Crippen molar-refractivity contribution in [1.82, 2.24) is 0 Å². The number of para-hydroxylation sites is 2. The molecule has 0 aliphatic heterocycles. The van der Waals surface area contributed by atoms with E-state index in [0.29, 0.717) is 11.8 Å². The lowest BCUT2D eigenvalue weighted by Gasteiger charge is -2.46. The number of fused-ring (bicyclic) bond motifs is 5. The van der Waals surface area contributed by atoms with Gasteiger partial charge in [-0.3, -0.25) is 0 Å². The van der Waals surface area contributed by atoms with Gasteiger partial charge < -0.3 is 4.90 Å². The van der Waals surface area contributed by atoms with Crippen molar-refractivity contribution >= 4 is 23.1 Å². The highest BCUT2D eigenvalue weighted by Gasteiger charge is 2.52. The first-order valence-corrected chi connectivity index (χ1v) is 17.8. The summed E-state index contributed by atoms with van der Waals surface area (Å²) in [6.07, 6.45) is 10.5. The van der Waals surface area contributed by atoms with Crippen molar-refractivity contribution in [3.8, 4) is 33.4 Å². The minimum absolute atomic E-state index is 0.0736. The molecule has 1 fully saturated rings. The van der Waals surface area contributed by atoms with Crippen molar-refractivity contribution in [3.63, 3.8) is 0 Å². The minimum Gasteiger partial charge on any atom is -0.310 e. The zero-order chi connectivity index (χ0) is 31.8. The molecule has 0 aromatic heterocycles. The number of hydrogen-bond donors (Lipinski definition) is 0. The summed E-state index contributed by atoms with van der Waals surface area (Å²) >= 11 is 0. The Balaban J connectivity index is 1.27. The smallest absolute Gasteiger partial charge is 0.0540 e. The van der Waals surface area contributed by atoms with E-state index in [-0.39, 0.29) is 5.41 Å². The summed E-state index contributed by atoms with van der Waals surface area (Å²) in [4.78, 5) is 2.58. The molecule has 1 nitrogen and oxygen atoms in total. The Morgan fingerprint density at radius 3 is 2.33 bits per heavy atom. The van der Waals surface area contributed by atoms with Crippen LogP contribution in [0.25, 0.3) is 39.5 Å². The van der Waals surface area contributed by atoms with Gasteiger partial charge in [-0.25, -0.2) is 0 Å². The van der Waals surface area contributed by atoms with E-state index in [9.17, 15) is 0 Å². The average Bonchev–Trinajstić information content (AvgIpc) is 3.23. The largest absolute Gasteiger partial charge is 0.310 e. The summed E-state index contributed by atoms with van der Waals surface area (Å²) in [5.74, 6) is 0.815. The van der Waals surface area contributed by atoms with Crippen LogP contribution < -0.4 is 4.90 Å². The Kier molecular flexibility index (Phi) is 6.22. The van der Waals surface area contributed by atoms with Crippen LogP contribution in [0.5, 0.6) is 0 Å². The fourth-order valence-corrected chi connectivity index (χ4v) is 10.0. The molecule has 6 aromatic rings. The van der Waals surface area contributed by atoms with E-state index in [2.05, 4.69) is 157 Å². The van der Waals surface area contributed by atoms with Gasteiger partial charge in [-0.1, -0.05) is 135 Å². The molecule has 232 valence electrons. The maximum absolute atomic E-state index is 2.58. The van der Waals surface area contributed by atoms with Gasteiger partial charge in [0.25, 0.3) is 0 Å². The molecule has 6 bridgehead atoms. The molecule has 3 unspecified atom stereocenters. The lowest BCUT2D eigenvalue weighted by atomic mass is 9.57. The van der Waals surface area contributed by atoms with Crippen LogP contribution in [0.1, 0.15) is 72.3 Å². The van der Waals surface area contributed by atoms with Crippen molar-refractivity contribution in [3.05, 3.63) is 167 Å². The molecule has 0 heterocycles. The van der Waals surface area contributed by atoms with Gasteiger partial charge in [0.05, 0.1) is 11.4 Å². The van der Waals surface area contributed by atoms with Gasteiger partial charge in [-0.15, -0.1) is 0 Å². The van der Waals surface area contributed by atoms with Crippen molar-refractivity contribution in [2.24, 2.45) is 0 Å². The van der Waals surface area contributed by atoms with Gasteiger partial charge >= 0.3 is 0 Å². The SMILES string of the molecule is CC12CCCC3c4c(cccc4N(c4ccccc4)c4ccccc4-c4ccc5c(c4)CCC=C5)-c4c(cccc41)-c1ccccc1C32. The maximum Gasteiger partial charge on any atom is 0.0540 e. The predicted octanol–water partition coefficient (Wildman–Crippen LogP) is 12.8. The summed E-state index contributed by atoms with van der Waals surface area (Å²) in [6.45, 7) is 2.58. The van der Waals surface area contributed by atoms with E-state index in [1.807, 2.05) is 0 Å². The third kappa shape index (κ3) is 3.97. The van der Waals surface area contributed by atoms with Gasteiger partial charge in [-0.05, 0) is 112 Å². The number of allylic oxidation sites excluding steroid dienone is 1. The normalized spacial score (nSPS) is 21.0. The zero-order valence-corrected chi connectivity index (χ0v) is 27.5. The summed E-state index contributed by atoms with van der Waals surface area (Å²) in [5.41, 5.74) is 19.5. The number of benzene rings is 6. The molecule has 0 spiro atoms. The number of hydrogen-bond acceptors (Lipinski definition) is 1. The molecule has 0 N–H and O–H groups in total. The molecule has 6 aromatic carbocycles. The summed E-state index contributed by atoms with van der Waals surface area (Å²) < 4.78 is 0. The van der Waals surface area contributed by atoms with E-state index in [1.54, 1.807) is 0 Å². The standard InChI is InChI=1S/C47H39N/c1-47-29-13-23-40-45-39(44-37(21-11-24-41(44)47)36-19-7-8-20-38(36)46(40)47)22-12-26-43(45)48(34-16-3-2-4-17-34)42-25-10-9-18-35(42)33-28-27-31-14-5-6-15-32(31)30-33/h2-5,7-12,14,16-22,24-28,30,40,46H,6,13,15,23,29H2,1H3. The maximum atomic E-state index is 2.58. The Bertz CT molecular complexity index is 2260. The van der Waals surface area contributed by atoms with E-state index in [1.165, 1.54) is 97.5 Å². The fraction of sp³-hybridized carbons (Fsp3) is 0.191. The second-order valence-corrected chi connectivity index (χ2v) is 14.5. The molecule has 0 radical (unpaired) electrons. The fourth-order valence-electron chi connectivity index (χ4n) is 10.0. The van der Waals surface area contributed by atoms with E-state index < -0.39 is 0 Å². The van der Waals surface area contributed by atoms with Gasteiger partial charge in [0, 0.05) is 22.6 Å². The van der Waals surface area contributed by atoms with Gasteiger partial charge in [0.2, 0.25) is 0 Å². The van der Waals surface area contributed by atoms with Crippen molar-refractivity contribution in [2.45, 2.75) is 56.3 Å². The Labute approximate surface area is 284 Å². The number of aryl methyl sites for hydroxylation is 1. The number of nitrogens with zero attached hydrogens (tertiary/aromatic N) is 1. The van der Waals surface area contributed by atoms with Crippen LogP contribution in [0.15, 0.2) is 140 Å². The first kappa shape index (κ1) is 27.9. The predicted molar refractivity (Wildman–Crippen MR) is 201 cm³/mol. The van der Waals surface area contributed by atoms with Crippen LogP contribution in [-0.4, -0.2) is 0 Å². The molecule has 3 atom stereocenters. The number of rotatable bonds is 4. The lowest BCUT2D eigenvalue weighted by molar-refractivity contribution is 0.243.